The van der Waals surface area contributed by atoms with E-state index in [2.05, 4.69) is 9.97 Å². The third-order valence-corrected chi connectivity index (χ3v) is 3.23. The van der Waals surface area contributed by atoms with Gasteiger partial charge < -0.3 is 15.5 Å². The van der Waals surface area contributed by atoms with Gasteiger partial charge in [0.05, 0.1) is 22.6 Å². The molecule has 0 aliphatic carbocycles. The van der Waals surface area contributed by atoms with Crippen LogP contribution >= 0.6 is 0 Å². The third kappa shape index (κ3) is 2.44. The highest BCUT2D eigenvalue weighted by Crippen LogP contribution is 2.32. The molecule has 112 valence electrons. The molecule has 1 heterocycles. The molecule has 1 aromatic heterocycles. The van der Waals surface area contributed by atoms with Crippen LogP contribution in [0.1, 0.15) is 6.92 Å². The Labute approximate surface area is 125 Å². The summed E-state index contributed by atoms with van der Waals surface area (Å²) in [5, 5.41) is 11.2. The van der Waals surface area contributed by atoms with Crippen molar-refractivity contribution in [2.45, 2.75) is 6.92 Å². The second-order valence-corrected chi connectivity index (χ2v) is 4.73. The number of nitrogen functional groups attached to an aromatic ring is 1. The lowest BCUT2D eigenvalue weighted by Gasteiger charge is -2.05. The SMILES string of the molecule is CCOc1ccc(-c2nc3ccc(N)cc3[nH]2)cc1[N+](=O)[O-]. The summed E-state index contributed by atoms with van der Waals surface area (Å²) in [6.07, 6.45) is 0. The average molecular weight is 298 g/mol. The second kappa shape index (κ2) is 5.36. The van der Waals surface area contributed by atoms with Gasteiger partial charge in [-0.25, -0.2) is 4.98 Å². The largest absolute Gasteiger partial charge is 0.487 e. The maximum absolute atomic E-state index is 11.2. The molecule has 7 nitrogen and oxygen atoms in total. The maximum atomic E-state index is 11.2. The molecule has 0 bridgehead atoms. The van der Waals surface area contributed by atoms with E-state index >= 15 is 0 Å². The molecule has 0 amide bonds. The summed E-state index contributed by atoms with van der Waals surface area (Å²) < 4.78 is 5.28. The van der Waals surface area contributed by atoms with Gasteiger partial charge in [-0.3, -0.25) is 10.1 Å². The van der Waals surface area contributed by atoms with E-state index in [1.807, 2.05) is 0 Å². The van der Waals surface area contributed by atoms with Crippen LogP contribution in [-0.2, 0) is 0 Å². The number of nitrogens with one attached hydrogen (secondary N) is 1. The van der Waals surface area contributed by atoms with Crippen LogP contribution in [-0.4, -0.2) is 21.5 Å². The molecule has 0 aliphatic heterocycles. The molecule has 3 rings (SSSR count). The number of fused-ring (bicyclic) bond motifs is 1. The molecule has 3 aromatic rings. The van der Waals surface area contributed by atoms with E-state index in [1.54, 1.807) is 37.3 Å². The van der Waals surface area contributed by atoms with Crippen molar-refractivity contribution in [1.29, 1.82) is 0 Å². The van der Waals surface area contributed by atoms with Crippen molar-refractivity contribution in [2.24, 2.45) is 0 Å². The molecule has 2 aromatic carbocycles. The number of H-pyrrole nitrogens is 1. The topological polar surface area (TPSA) is 107 Å². The summed E-state index contributed by atoms with van der Waals surface area (Å²) in [6.45, 7) is 2.14. The number of aromatic amines is 1. The number of hydrogen-bond acceptors (Lipinski definition) is 5. The molecule has 0 unspecified atom stereocenters. The van der Waals surface area contributed by atoms with Crippen LogP contribution in [0.3, 0.4) is 0 Å². The molecular weight excluding hydrogens is 284 g/mol. The first-order valence-electron chi connectivity index (χ1n) is 6.75. The summed E-state index contributed by atoms with van der Waals surface area (Å²) in [4.78, 5) is 18.3. The van der Waals surface area contributed by atoms with E-state index in [9.17, 15) is 10.1 Å². The Morgan fingerprint density at radius 1 is 1.32 bits per heavy atom. The van der Waals surface area contributed by atoms with Gasteiger partial charge in [-0.2, -0.15) is 0 Å². The van der Waals surface area contributed by atoms with Crippen LogP contribution in [0.25, 0.3) is 22.4 Å². The number of nitro groups is 1. The van der Waals surface area contributed by atoms with Crippen molar-refractivity contribution in [1.82, 2.24) is 9.97 Å². The fourth-order valence-electron chi connectivity index (χ4n) is 2.25. The predicted octanol–water partition coefficient (Wildman–Crippen LogP) is 3.12. The predicted molar refractivity (Wildman–Crippen MR) is 83.8 cm³/mol. The maximum Gasteiger partial charge on any atom is 0.311 e. The average Bonchev–Trinajstić information content (AvgIpc) is 2.90. The number of imidazole rings is 1. The Morgan fingerprint density at radius 3 is 2.86 bits per heavy atom. The molecular formula is C15H14N4O3. The molecule has 0 fully saturated rings. The van der Waals surface area contributed by atoms with E-state index in [-0.39, 0.29) is 11.4 Å². The zero-order valence-corrected chi connectivity index (χ0v) is 11.9. The molecule has 7 heteroatoms. The van der Waals surface area contributed by atoms with E-state index in [0.717, 1.165) is 11.0 Å². The Balaban J connectivity index is 2.09. The molecule has 3 N–H and O–H groups in total. The van der Waals surface area contributed by atoms with Crippen LogP contribution in [0.15, 0.2) is 36.4 Å². The van der Waals surface area contributed by atoms with E-state index in [0.29, 0.717) is 23.7 Å². The molecule has 0 aliphatic rings. The smallest absolute Gasteiger partial charge is 0.311 e. The Hall–Kier alpha value is -3.09. The first-order chi connectivity index (χ1) is 10.6. The number of nitro benzene ring substituents is 1. The minimum Gasteiger partial charge on any atom is -0.487 e. The summed E-state index contributed by atoms with van der Waals surface area (Å²) >= 11 is 0. The van der Waals surface area contributed by atoms with Gasteiger partial charge in [0.2, 0.25) is 0 Å². The van der Waals surface area contributed by atoms with Crippen LogP contribution < -0.4 is 10.5 Å². The quantitative estimate of drug-likeness (QED) is 0.437. The summed E-state index contributed by atoms with van der Waals surface area (Å²) in [5.41, 5.74) is 8.43. The number of anilines is 1. The zero-order chi connectivity index (χ0) is 15.7. The third-order valence-electron chi connectivity index (χ3n) is 3.23. The van der Waals surface area contributed by atoms with Crippen molar-refractivity contribution >= 4 is 22.4 Å². The molecule has 0 radical (unpaired) electrons. The van der Waals surface area contributed by atoms with Crippen molar-refractivity contribution in [2.75, 3.05) is 12.3 Å². The van der Waals surface area contributed by atoms with Gasteiger partial charge in [-0.1, -0.05) is 0 Å². The Bertz CT molecular complexity index is 857. The fraction of sp³-hybridized carbons (Fsp3) is 0.133. The number of hydrogen-bond donors (Lipinski definition) is 2. The fourth-order valence-corrected chi connectivity index (χ4v) is 2.25. The number of nitrogens with zero attached hydrogens (tertiary/aromatic N) is 2. The molecule has 0 atom stereocenters. The summed E-state index contributed by atoms with van der Waals surface area (Å²) in [5.74, 6) is 0.795. The van der Waals surface area contributed by atoms with E-state index in [4.69, 9.17) is 10.5 Å². The van der Waals surface area contributed by atoms with Gasteiger partial charge in [-0.15, -0.1) is 0 Å². The zero-order valence-electron chi connectivity index (χ0n) is 11.9. The van der Waals surface area contributed by atoms with Crippen molar-refractivity contribution in [3.05, 3.63) is 46.5 Å². The van der Waals surface area contributed by atoms with Crippen LogP contribution in [0, 0.1) is 10.1 Å². The lowest BCUT2D eigenvalue weighted by Crippen LogP contribution is -1.98. The van der Waals surface area contributed by atoms with Crippen molar-refractivity contribution in [3.63, 3.8) is 0 Å². The minimum absolute atomic E-state index is 0.0840. The summed E-state index contributed by atoms with van der Waals surface area (Å²) in [7, 11) is 0. The van der Waals surface area contributed by atoms with Crippen molar-refractivity contribution < 1.29 is 9.66 Å². The minimum atomic E-state index is -0.463. The van der Waals surface area contributed by atoms with Gasteiger partial charge in [-0.05, 0) is 37.3 Å². The van der Waals surface area contributed by atoms with Gasteiger partial charge in [0.25, 0.3) is 0 Å². The number of rotatable bonds is 4. The highest BCUT2D eigenvalue weighted by Gasteiger charge is 2.17. The normalized spacial score (nSPS) is 10.8. The van der Waals surface area contributed by atoms with E-state index < -0.39 is 4.92 Å². The first kappa shape index (κ1) is 13.9. The number of ether oxygens (including phenoxy) is 1. The van der Waals surface area contributed by atoms with E-state index in [1.165, 1.54) is 6.07 Å². The monoisotopic (exact) mass is 298 g/mol. The Morgan fingerprint density at radius 2 is 2.14 bits per heavy atom. The van der Waals surface area contributed by atoms with Crippen LogP contribution in [0.5, 0.6) is 5.75 Å². The number of aromatic nitrogens is 2. The molecule has 22 heavy (non-hydrogen) atoms. The second-order valence-electron chi connectivity index (χ2n) is 4.73. The van der Waals surface area contributed by atoms with Gasteiger partial charge in [0.15, 0.2) is 5.75 Å². The highest BCUT2D eigenvalue weighted by molar-refractivity contribution is 5.82. The number of benzene rings is 2. The lowest BCUT2D eigenvalue weighted by molar-refractivity contribution is -0.385. The van der Waals surface area contributed by atoms with Gasteiger partial charge in [0, 0.05) is 17.3 Å². The molecule has 0 saturated carbocycles. The first-order valence-corrected chi connectivity index (χ1v) is 6.75. The van der Waals surface area contributed by atoms with Crippen LogP contribution in [0.4, 0.5) is 11.4 Å². The van der Waals surface area contributed by atoms with Gasteiger partial charge in [0.1, 0.15) is 5.82 Å². The molecule has 0 saturated heterocycles. The highest BCUT2D eigenvalue weighted by atomic mass is 16.6. The standard InChI is InChI=1S/C15H14N4O3/c1-2-22-14-6-3-9(7-13(14)19(20)21)15-17-11-5-4-10(16)8-12(11)18-15/h3-8H,2,16H2,1H3,(H,17,18). The Kier molecular flexibility index (Phi) is 3.38. The number of nitrogens with two attached hydrogens (primary N) is 1. The molecule has 0 spiro atoms. The summed E-state index contributed by atoms with van der Waals surface area (Å²) in [6, 6.07) is 10.1. The van der Waals surface area contributed by atoms with Crippen LogP contribution in [0.2, 0.25) is 0 Å². The van der Waals surface area contributed by atoms with Crippen molar-refractivity contribution in [3.8, 4) is 17.1 Å². The lowest BCUT2D eigenvalue weighted by atomic mass is 10.2. The van der Waals surface area contributed by atoms with Gasteiger partial charge >= 0.3 is 5.69 Å².